The molecular weight excluding hydrogens is 216 g/mol. The smallest absolute Gasteiger partial charge is 0.337 e. The molecule has 4 nitrogen and oxygen atoms in total. The number of rotatable bonds is 1. The number of hydrogen-bond acceptors (Lipinski definition) is 3. The van der Waals surface area contributed by atoms with E-state index in [-0.39, 0.29) is 18.0 Å². The van der Waals surface area contributed by atoms with Crippen LogP contribution in [0.5, 0.6) is 0 Å². The first-order valence-corrected chi connectivity index (χ1v) is 4.73. The van der Waals surface area contributed by atoms with Crippen LogP contribution in [0.1, 0.15) is 28.8 Å². The van der Waals surface area contributed by atoms with E-state index in [1.54, 1.807) is 6.07 Å². The van der Waals surface area contributed by atoms with Gasteiger partial charge in [-0.05, 0) is 30.9 Å². The first kappa shape index (κ1) is 11.8. The van der Waals surface area contributed by atoms with Gasteiger partial charge in [0.1, 0.15) is 5.82 Å². The second-order valence-electron chi connectivity index (χ2n) is 3.42. The lowest BCUT2D eigenvalue weighted by Gasteiger charge is -2.06. The van der Waals surface area contributed by atoms with Crippen molar-refractivity contribution in [2.24, 2.45) is 0 Å². The second-order valence-corrected chi connectivity index (χ2v) is 3.42. The number of halogens is 1. The maximum atomic E-state index is 10.7. The molecule has 5 heteroatoms. The molecule has 0 saturated carbocycles. The summed E-state index contributed by atoms with van der Waals surface area (Å²) in [4.78, 5) is 14.8. The highest BCUT2D eigenvalue weighted by Crippen LogP contribution is 2.19. The Morgan fingerprint density at radius 1 is 1.47 bits per heavy atom. The predicted octanol–water partition coefficient (Wildman–Crippen LogP) is 1.95. The summed E-state index contributed by atoms with van der Waals surface area (Å²) in [6, 6.07) is 1.71. The van der Waals surface area contributed by atoms with Crippen molar-refractivity contribution in [2.45, 2.75) is 19.3 Å². The molecule has 1 aromatic heterocycles. The summed E-state index contributed by atoms with van der Waals surface area (Å²) >= 11 is 0. The molecule has 0 amide bonds. The summed E-state index contributed by atoms with van der Waals surface area (Å²) in [5, 5.41) is 12.0. The predicted molar refractivity (Wildman–Crippen MR) is 59.9 cm³/mol. The molecule has 0 saturated heterocycles. The van der Waals surface area contributed by atoms with Gasteiger partial charge in [0, 0.05) is 12.7 Å². The first-order valence-electron chi connectivity index (χ1n) is 4.73. The zero-order chi connectivity index (χ0) is 9.97. The number of fused-ring (bicyclic) bond motifs is 1. The zero-order valence-electron chi connectivity index (χ0n) is 8.19. The number of carboxylic acid groups (broad SMARTS) is 1. The minimum atomic E-state index is -0.912. The molecule has 0 fully saturated rings. The van der Waals surface area contributed by atoms with Crippen LogP contribution in [0.15, 0.2) is 12.3 Å². The molecule has 0 atom stereocenters. The zero-order valence-corrected chi connectivity index (χ0v) is 9.01. The van der Waals surface area contributed by atoms with Crippen molar-refractivity contribution in [2.75, 3.05) is 11.9 Å². The van der Waals surface area contributed by atoms with Crippen molar-refractivity contribution >= 4 is 24.2 Å². The SMILES string of the molecule is Cl.O=C(O)c1cnc2c(c1)CCCCN2. The Labute approximate surface area is 94.1 Å². The third-order valence-corrected chi connectivity index (χ3v) is 2.38. The number of hydrogen-bond donors (Lipinski definition) is 2. The van der Waals surface area contributed by atoms with Gasteiger partial charge in [-0.3, -0.25) is 0 Å². The lowest BCUT2D eigenvalue weighted by atomic mass is 10.1. The molecule has 1 aromatic rings. The summed E-state index contributed by atoms with van der Waals surface area (Å²) < 4.78 is 0. The van der Waals surface area contributed by atoms with E-state index in [4.69, 9.17) is 5.11 Å². The van der Waals surface area contributed by atoms with Gasteiger partial charge in [-0.15, -0.1) is 12.4 Å². The second kappa shape index (κ2) is 4.98. The van der Waals surface area contributed by atoms with E-state index in [9.17, 15) is 4.79 Å². The lowest BCUT2D eigenvalue weighted by molar-refractivity contribution is 0.0696. The van der Waals surface area contributed by atoms with Crippen LogP contribution in [0, 0.1) is 0 Å². The van der Waals surface area contributed by atoms with E-state index < -0.39 is 5.97 Å². The van der Waals surface area contributed by atoms with Gasteiger partial charge in [0.15, 0.2) is 0 Å². The molecular formula is C10H13ClN2O2. The maximum absolute atomic E-state index is 10.7. The summed E-state index contributed by atoms with van der Waals surface area (Å²) in [7, 11) is 0. The number of nitrogens with one attached hydrogen (secondary N) is 1. The standard InChI is InChI=1S/C10H12N2O2.ClH/c13-10(14)8-5-7-3-1-2-4-11-9(7)12-6-8;/h5-6H,1-4H2,(H,11,12)(H,13,14);1H. The highest BCUT2D eigenvalue weighted by Gasteiger charge is 2.11. The summed E-state index contributed by atoms with van der Waals surface area (Å²) in [6.07, 6.45) is 4.51. The van der Waals surface area contributed by atoms with Gasteiger partial charge in [0.2, 0.25) is 0 Å². The van der Waals surface area contributed by atoms with Crippen LogP contribution >= 0.6 is 12.4 Å². The third kappa shape index (κ3) is 2.59. The molecule has 0 unspecified atom stereocenters. The van der Waals surface area contributed by atoms with Crippen LogP contribution in [0.3, 0.4) is 0 Å². The van der Waals surface area contributed by atoms with Gasteiger partial charge in [-0.2, -0.15) is 0 Å². The summed E-state index contributed by atoms with van der Waals surface area (Å²) in [5.41, 5.74) is 1.29. The number of aryl methyl sites for hydroxylation is 1. The molecule has 82 valence electrons. The Hall–Kier alpha value is -1.29. The summed E-state index contributed by atoms with van der Waals surface area (Å²) in [5.74, 6) is -0.0722. The van der Waals surface area contributed by atoms with Crippen LogP contribution in [-0.2, 0) is 6.42 Å². The van der Waals surface area contributed by atoms with Crippen molar-refractivity contribution in [3.63, 3.8) is 0 Å². The number of nitrogens with zero attached hydrogens (tertiary/aromatic N) is 1. The maximum Gasteiger partial charge on any atom is 0.337 e. The Morgan fingerprint density at radius 3 is 3.00 bits per heavy atom. The molecule has 1 aliphatic rings. The van der Waals surface area contributed by atoms with E-state index in [0.29, 0.717) is 0 Å². The number of pyridine rings is 1. The van der Waals surface area contributed by atoms with Gasteiger partial charge >= 0.3 is 5.97 Å². The fourth-order valence-corrected chi connectivity index (χ4v) is 1.62. The number of aromatic carboxylic acids is 1. The third-order valence-electron chi connectivity index (χ3n) is 2.38. The minimum absolute atomic E-state index is 0. The Bertz CT molecular complexity index is 368. The molecule has 2 rings (SSSR count). The van der Waals surface area contributed by atoms with Crippen LogP contribution in [0.2, 0.25) is 0 Å². The molecule has 15 heavy (non-hydrogen) atoms. The van der Waals surface area contributed by atoms with Crippen molar-refractivity contribution < 1.29 is 9.90 Å². The lowest BCUT2D eigenvalue weighted by Crippen LogP contribution is -2.04. The fourth-order valence-electron chi connectivity index (χ4n) is 1.62. The highest BCUT2D eigenvalue weighted by molar-refractivity contribution is 5.87. The minimum Gasteiger partial charge on any atom is -0.478 e. The number of carboxylic acids is 1. The van der Waals surface area contributed by atoms with Crippen LogP contribution in [-0.4, -0.2) is 22.6 Å². The van der Waals surface area contributed by atoms with Crippen molar-refractivity contribution in [3.05, 3.63) is 23.4 Å². The quantitative estimate of drug-likeness (QED) is 0.771. The van der Waals surface area contributed by atoms with Crippen molar-refractivity contribution in [3.8, 4) is 0 Å². The molecule has 2 heterocycles. The van der Waals surface area contributed by atoms with Gasteiger partial charge in [0.05, 0.1) is 5.56 Å². The highest BCUT2D eigenvalue weighted by atomic mass is 35.5. The number of aromatic nitrogens is 1. The van der Waals surface area contributed by atoms with Gasteiger partial charge in [-0.1, -0.05) is 0 Å². The number of anilines is 1. The monoisotopic (exact) mass is 228 g/mol. The summed E-state index contributed by atoms with van der Waals surface area (Å²) in [6.45, 7) is 0.923. The largest absolute Gasteiger partial charge is 0.478 e. The molecule has 1 aliphatic heterocycles. The van der Waals surface area contributed by atoms with Crippen LogP contribution in [0.25, 0.3) is 0 Å². The van der Waals surface area contributed by atoms with E-state index in [1.807, 2.05) is 0 Å². The molecule has 0 spiro atoms. The Balaban J connectivity index is 0.00000112. The van der Waals surface area contributed by atoms with Crippen LogP contribution < -0.4 is 5.32 Å². The van der Waals surface area contributed by atoms with E-state index in [1.165, 1.54) is 6.20 Å². The molecule has 0 aromatic carbocycles. The molecule has 0 radical (unpaired) electrons. The fraction of sp³-hybridized carbons (Fsp3) is 0.400. The van der Waals surface area contributed by atoms with Crippen molar-refractivity contribution in [1.29, 1.82) is 0 Å². The first-order chi connectivity index (χ1) is 6.77. The van der Waals surface area contributed by atoms with Gasteiger partial charge in [-0.25, -0.2) is 9.78 Å². The number of carbonyl (C=O) groups is 1. The topological polar surface area (TPSA) is 62.2 Å². The normalized spacial score (nSPS) is 14.1. The van der Waals surface area contributed by atoms with Crippen molar-refractivity contribution in [1.82, 2.24) is 4.98 Å². The Morgan fingerprint density at radius 2 is 2.27 bits per heavy atom. The van der Waals surface area contributed by atoms with Gasteiger partial charge < -0.3 is 10.4 Å². The average molecular weight is 229 g/mol. The van der Waals surface area contributed by atoms with E-state index in [2.05, 4.69) is 10.3 Å². The molecule has 2 N–H and O–H groups in total. The molecule has 0 aliphatic carbocycles. The Kier molecular flexibility index (Phi) is 3.91. The van der Waals surface area contributed by atoms with Crippen LogP contribution in [0.4, 0.5) is 5.82 Å². The van der Waals surface area contributed by atoms with E-state index >= 15 is 0 Å². The molecule has 0 bridgehead atoms. The average Bonchev–Trinajstić information content (AvgIpc) is 2.41. The van der Waals surface area contributed by atoms with E-state index in [0.717, 1.165) is 37.2 Å². The van der Waals surface area contributed by atoms with Gasteiger partial charge in [0.25, 0.3) is 0 Å².